The molecule has 3 aromatic rings. The van der Waals surface area contributed by atoms with Crippen LogP contribution in [0.5, 0.6) is 5.75 Å². The molecule has 0 fully saturated rings. The molecular formula is C19H21N3O2. The van der Waals surface area contributed by atoms with Crippen molar-refractivity contribution in [3.05, 3.63) is 59.9 Å². The first kappa shape index (κ1) is 16.1. The number of nitrogens with zero attached hydrogens (tertiary/aromatic N) is 2. The van der Waals surface area contributed by atoms with Gasteiger partial charge < -0.3 is 14.6 Å². The molecule has 0 unspecified atom stereocenters. The van der Waals surface area contributed by atoms with Gasteiger partial charge in [-0.3, -0.25) is 4.79 Å². The Kier molecular flexibility index (Phi) is 4.51. The van der Waals surface area contributed by atoms with Crippen LogP contribution >= 0.6 is 0 Å². The van der Waals surface area contributed by atoms with E-state index in [4.69, 9.17) is 4.74 Å². The van der Waals surface area contributed by atoms with Crippen molar-refractivity contribution >= 4 is 16.9 Å². The molecule has 5 heteroatoms. The summed E-state index contributed by atoms with van der Waals surface area (Å²) < 4.78 is 7.23. The quantitative estimate of drug-likeness (QED) is 0.781. The summed E-state index contributed by atoms with van der Waals surface area (Å²) in [6, 6.07) is 13.5. The van der Waals surface area contributed by atoms with Crippen molar-refractivity contribution in [2.45, 2.75) is 26.4 Å². The first-order chi connectivity index (χ1) is 11.6. The van der Waals surface area contributed by atoms with Crippen molar-refractivity contribution in [2.75, 3.05) is 7.11 Å². The number of amides is 1. The van der Waals surface area contributed by atoms with Gasteiger partial charge in [-0.05, 0) is 55.8 Å². The fraction of sp³-hybridized carbons (Fsp3) is 0.263. The van der Waals surface area contributed by atoms with E-state index in [9.17, 15) is 4.79 Å². The van der Waals surface area contributed by atoms with Gasteiger partial charge in [0.15, 0.2) is 0 Å². The highest BCUT2D eigenvalue weighted by Gasteiger charge is 2.08. The molecule has 1 N–H and O–H groups in total. The monoisotopic (exact) mass is 323 g/mol. The van der Waals surface area contributed by atoms with Gasteiger partial charge in [0, 0.05) is 18.2 Å². The maximum absolute atomic E-state index is 12.2. The predicted molar refractivity (Wildman–Crippen MR) is 94.3 cm³/mol. The minimum Gasteiger partial charge on any atom is -0.497 e. The summed E-state index contributed by atoms with van der Waals surface area (Å²) >= 11 is 0. The second kappa shape index (κ2) is 6.74. The minimum absolute atomic E-state index is 0.106. The van der Waals surface area contributed by atoms with Gasteiger partial charge in [0.1, 0.15) is 5.75 Å². The lowest BCUT2D eigenvalue weighted by Gasteiger charge is -2.09. The molecule has 0 saturated heterocycles. The molecule has 2 aromatic carbocycles. The van der Waals surface area contributed by atoms with E-state index in [1.54, 1.807) is 31.4 Å². The van der Waals surface area contributed by atoms with Crippen LogP contribution in [0, 0.1) is 0 Å². The molecule has 1 amide bonds. The molecule has 124 valence electrons. The zero-order valence-corrected chi connectivity index (χ0v) is 14.1. The SMILES string of the molecule is COc1ccc(C(=O)NCc2ccc3c(c2)ncn3C(C)C)cc1. The van der Waals surface area contributed by atoms with Gasteiger partial charge in [-0.25, -0.2) is 4.98 Å². The Balaban J connectivity index is 1.69. The molecule has 1 aromatic heterocycles. The fourth-order valence-corrected chi connectivity index (χ4v) is 2.63. The van der Waals surface area contributed by atoms with Gasteiger partial charge >= 0.3 is 0 Å². The summed E-state index contributed by atoms with van der Waals surface area (Å²) in [4.78, 5) is 16.6. The number of methoxy groups -OCH3 is 1. The maximum atomic E-state index is 12.2. The van der Waals surface area contributed by atoms with E-state index in [1.807, 2.05) is 18.5 Å². The number of hydrogen-bond donors (Lipinski definition) is 1. The van der Waals surface area contributed by atoms with Crippen LogP contribution in [0.1, 0.15) is 35.8 Å². The van der Waals surface area contributed by atoms with Gasteiger partial charge in [-0.1, -0.05) is 6.07 Å². The summed E-state index contributed by atoms with van der Waals surface area (Å²) in [5, 5.41) is 2.93. The summed E-state index contributed by atoms with van der Waals surface area (Å²) in [7, 11) is 1.60. The molecule has 0 spiro atoms. The highest BCUT2D eigenvalue weighted by molar-refractivity contribution is 5.94. The van der Waals surface area contributed by atoms with E-state index in [0.29, 0.717) is 18.2 Å². The predicted octanol–water partition coefficient (Wildman–Crippen LogP) is 3.56. The largest absolute Gasteiger partial charge is 0.497 e. The van der Waals surface area contributed by atoms with E-state index < -0.39 is 0 Å². The third kappa shape index (κ3) is 3.25. The number of carbonyl (C=O) groups excluding carboxylic acids is 1. The number of aromatic nitrogens is 2. The lowest BCUT2D eigenvalue weighted by atomic mass is 10.1. The van der Waals surface area contributed by atoms with E-state index in [2.05, 4.69) is 34.8 Å². The Labute approximate surface area is 141 Å². The lowest BCUT2D eigenvalue weighted by Crippen LogP contribution is -2.22. The molecule has 1 heterocycles. The average molecular weight is 323 g/mol. The number of hydrogen-bond acceptors (Lipinski definition) is 3. The van der Waals surface area contributed by atoms with Crippen LogP contribution in [0.2, 0.25) is 0 Å². The second-order valence-electron chi connectivity index (χ2n) is 5.98. The van der Waals surface area contributed by atoms with E-state index in [1.165, 1.54) is 0 Å². The first-order valence-corrected chi connectivity index (χ1v) is 7.96. The van der Waals surface area contributed by atoms with Crippen LogP contribution in [-0.4, -0.2) is 22.6 Å². The maximum Gasteiger partial charge on any atom is 0.251 e. The normalized spacial score (nSPS) is 11.0. The highest BCUT2D eigenvalue weighted by atomic mass is 16.5. The zero-order valence-electron chi connectivity index (χ0n) is 14.1. The number of nitrogens with one attached hydrogen (secondary N) is 1. The molecule has 0 atom stereocenters. The van der Waals surface area contributed by atoms with Crippen LogP contribution in [-0.2, 0) is 6.54 Å². The number of benzene rings is 2. The Bertz CT molecular complexity index is 851. The Morgan fingerprint density at radius 3 is 2.62 bits per heavy atom. The summed E-state index contributed by atoms with van der Waals surface area (Å²) in [5.74, 6) is 0.628. The number of fused-ring (bicyclic) bond motifs is 1. The molecule has 5 nitrogen and oxygen atoms in total. The average Bonchev–Trinajstić information content (AvgIpc) is 3.03. The van der Waals surface area contributed by atoms with Crippen molar-refractivity contribution in [1.29, 1.82) is 0 Å². The Morgan fingerprint density at radius 1 is 1.21 bits per heavy atom. The van der Waals surface area contributed by atoms with Crippen molar-refractivity contribution in [2.24, 2.45) is 0 Å². The first-order valence-electron chi connectivity index (χ1n) is 7.96. The third-order valence-electron chi connectivity index (χ3n) is 4.00. The van der Waals surface area contributed by atoms with Crippen molar-refractivity contribution in [3.63, 3.8) is 0 Å². The Hall–Kier alpha value is -2.82. The van der Waals surface area contributed by atoms with Gasteiger partial charge in [0.2, 0.25) is 0 Å². The second-order valence-corrected chi connectivity index (χ2v) is 5.98. The lowest BCUT2D eigenvalue weighted by molar-refractivity contribution is 0.0951. The van der Waals surface area contributed by atoms with Gasteiger partial charge in [-0.2, -0.15) is 0 Å². The topological polar surface area (TPSA) is 56.1 Å². The number of imidazole rings is 1. The zero-order chi connectivity index (χ0) is 17.1. The molecule has 0 saturated carbocycles. The third-order valence-corrected chi connectivity index (χ3v) is 4.00. The molecule has 0 aliphatic heterocycles. The molecule has 24 heavy (non-hydrogen) atoms. The van der Waals surface area contributed by atoms with Gasteiger partial charge in [0.05, 0.1) is 24.5 Å². The van der Waals surface area contributed by atoms with Crippen LogP contribution in [0.25, 0.3) is 11.0 Å². The van der Waals surface area contributed by atoms with Gasteiger partial charge in [0.25, 0.3) is 5.91 Å². The van der Waals surface area contributed by atoms with Crippen LogP contribution in [0.3, 0.4) is 0 Å². The summed E-state index contributed by atoms with van der Waals surface area (Å²) in [6.07, 6.45) is 1.86. The summed E-state index contributed by atoms with van der Waals surface area (Å²) in [6.45, 7) is 4.73. The van der Waals surface area contributed by atoms with E-state index in [0.717, 1.165) is 22.3 Å². The van der Waals surface area contributed by atoms with Crippen molar-refractivity contribution in [3.8, 4) is 5.75 Å². The highest BCUT2D eigenvalue weighted by Crippen LogP contribution is 2.19. The molecular weight excluding hydrogens is 302 g/mol. The molecule has 0 aliphatic rings. The molecule has 0 radical (unpaired) electrons. The number of ether oxygens (including phenoxy) is 1. The Morgan fingerprint density at radius 2 is 1.96 bits per heavy atom. The van der Waals surface area contributed by atoms with Crippen LogP contribution in [0.15, 0.2) is 48.8 Å². The smallest absolute Gasteiger partial charge is 0.251 e. The molecule has 3 rings (SSSR count). The molecule has 0 aliphatic carbocycles. The number of carbonyl (C=O) groups is 1. The minimum atomic E-state index is -0.106. The van der Waals surface area contributed by atoms with E-state index in [-0.39, 0.29) is 5.91 Å². The van der Waals surface area contributed by atoms with Gasteiger partial charge in [-0.15, -0.1) is 0 Å². The van der Waals surface area contributed by atoms with Crippen LogP contribution < -0.4 is 10.1 Å². The van der Waals surface area contributed by atoms with E-state index >= 15 is 0 Å². The van der Waals surface area contributed by atoms with Crippen molar-refractivity contribution in [1.82, 2.24) is 14.9 Å². The fourth-order valence-electron chi connectivity index (χ4n) is 2.63. The van der Waals surface area contributed by atoms with Crippen LogP contribution in [0.4, 0.5) is 0 Å². The summed E-state index contributed by atoms with van der Waals surface area (Å²) in [5.41, 5.74) is 3.69. The number of rotatable bonds is 5. The molecule has 0 bridgehead atoms. The standard InChI is InChI=1S/C19H21N3O2/c1-13(2)22-12-21-17-10-14(4-9-18(17)22)11-20-19(23)15-5-7-16(24-3)8-6-15/h4-10,12-13H,11H2,1-3H3,(H,20,23). The van der Waals surface area contributed by atoms with Crippen molar-refractivity contribution < 1.29 is 9.53 Å².